The Kier molecular flexibility index (Phi) is 4.23. The van der Waals surface area contributed by atoms with Crippen molar-refractivity contribution in [3.05, 3.63) is 69.8 Å². The molecule has 0 saturated carbocycles. The maximum absolute atomic E-state index is 12.2. The summed E-state index contributed by atoms with van der Waals surface area (Å²) in [5.74, 6) is -0.257. The second-order valence-electron chi connectivity index (χ2n) is 5.32. The third-order valence-electron chi connectivity index (χ3n) is 3.48. The Morgan fingerprint density at radius 2 is 1.50 bits per heavy atom. The third-order valence-corrected chi connectivity index (χ3v) is 3.48. The second-order valence-corrected chi connectivity index (χ2v) is 5.32. The number of esters is 1. The summed E-state index contributed by atoms with van der Waals surface area (Å²) in [4.78, 5) is 12.2. The molecule has 0 heterocycles. The lowest BCUT2D eigenvalue weighted by Crippen LogP contribution is -2.08. The molecule has 2 aromatic rings. The second kappa shape index (κ2) is 5.91. The van der Waals surface area contributed by atoms with Crippen molar-refractivity contribution in [2.24, 2.45) is 0 Å². The van der Waals surface area contributed by atoms with Crippen LogP contribution < -0.4 is 0 Å². The maximum atomic E-state index is 12.2. The molecule has 2 aromatic carbocycles. The van der Waals surface area contributed by atoms with Crippen LogP contribution in [0.1, 0.15) is 38.2 Å². The van der Waals surface area contributed by atoms with Gasteiger partial charge in [0.25, 0.3) is 0 Å². The highest BCUT2D eigenvalue weighted by Crippen LogP contribution is 2.15. The van der Waals surface area contributed by atoms with Crippen LogP contribution in [0.25, 0.3) is 0 Å². The van der Waals surface area contributed by atoms with Crippen LogP contribution in [0.2, 0.25) is 0 Å². The summed E-state index contributed by atoms with van der Waals surface area (Å²) in [6, 6.07) is 12.0. The van der Waals surface area contributed by atoms with Crippen molar-refractivity contribution in [1.82, 2.24) is 0 Å². The molecule has 2 rings (SSSR count). The molecule has 0 aromatic heterocycles. The number of ether oxygens (including phenoxy) is 1. The average Bonchev–Trinajstić information content (AvgIpc) is 2.42. The molecular weight excluding hydrogens is 248 g/mol. The average molecular weight is 268 g/mol. The minimum atomic E-state index is -0.257. The van der Waals surface area contributed by atoms with E-state index in [0.717, 1.165) is 22.3 Å². The molecule has 0 aliphatic heterocycles. The fraction of sp³-hybridized carbons (Fsp3) is 0.278. The summed E-state index contributed by atoms with van der Waals surface area (Å²) in [5, 5.41) is 0. The molecule has 0 radical (unpaired) electrons. The Bertz CT molecular complexity index is 642. The lowest BCUT2D eigenvalue weighted by Gasteiger charge is -2.10. The van der Waals surface area contributed by atoms with Crippen molar-refractivity contribution in [1.29, 1.82) is 0 Å². The number of aryl methyl sites for hydroxylation is 4. The van der Waals surface area contributed by atoms with Gasteiger partial charge in [0, 0.05) is 0 Å². The van der Waals surface area contributed by atoms with E-state index in [2.05, 4.69) is 18.2 Å². The van der Waals surface area contributed by atoms with Crippen molar-refractivity contribution in [3.63, 3.8) is 0 Å². The molecule has 0 amide bonds. The Hall–Kier alpha value is -2.09. The first-order valence-corrected chi connectivity index (χ1v) is 6.78. The fourth-order valence-electron chi connectivity index (χ4n) is 2.13. The van der Waals surface area contributed by atoms with Crippen LogP contribution in [0.4, 0.5) is 0 Å². The largest absolute Gasteiger partial charge is 0.457 e. The molecule has 0 unspecified atom stereocenters. The Morgan fingerprint density at radius 3 is 2.20 bits per heavy atom. The lowest BCUT2D eigenvalue weighted by molar-refractivity contribution is 0.0471. The van der Waals surface area contributed by atoms with Gasteiger partial charge in [0.2, 0.25) is 0 Å². The number of rotatable bonds is 3. The molecule has 0 saturated heterocycles. The smallest absolute Gasteiger partial charge is 0.338 e. The van der Waals surface area contributed by atoms with E-state index >= 15 is 0 Å². The van der Waals surface area contributed by atoms with E-state index in [4.69, 9.17) is 4.74 Å². The van der Waals surface area contributed by atoms with Crippen LogP contribution in [0, 0.1) is 27.7 Å². The summed E-state index contributed by atoms with van der Waals surface area (Å²) in [6.45, 7) is 8.28. The van der Waals surface area contributed by atoms with Crippen LogP contribution in [-0.2, 0) is 11.3 Å². The molecule has 0 bridgehead atoms. The molecule has 0 fully saturated rings. The quantitative estimate of drug-likeness (QED) is 0.777. The lowest BCUT2D eigenvalue weighted by atomic mass is 10.1. The van der Waals surface area contributed by atoms with Crippen LogP contribution >= 0.6 is 0 Å². The normalized spacial score (nSPS) is 10.4. The molecule has 20 heavy (non-hydrogen) atoms. The molecule has 0 aliphatic carbocycles. The first-order valence-electron chi connectivity index (χ1n) is 6.78. The number of hydrogen-bond acceptors (Lipinski definition) is 2. The molecule has 104 valence electrons. The van der Waals surface area contributed by atoms with E-state index in [1.165, 1.54) is 5.56 Å². The minimum Gasteiger partial charge on any atom is -0.457 e. The molecule has 0 spiro atoms. The SMILES string of the molecule is Cc1ccc(C)c(COC(=O)c2cc(C)ccc2C)c1. The van der Waals surface area contributed by atoms with Gasteiger partial charge in [0.1, 0.15) is 6.61 Å². The molecule has 0 atom stereocenters. The zero-order chi connectivity index (χ0) is 14.7. The highest BCUT2D eigenvalue weighted by atomic mass is 16.5. The molecule has 2 nitrogen and oxygen atoms in total. The van der Waals surface area contributed by atoms with E-state index in [0.29, 0.717) is 12.2 Å². The predicted molar refractivity (Wildman–Crippen MR) is 81.0 cm³/mol. The maximum Gasteiger partial charge on any atom is 0.338 e. The number of benzene rings is 2. The molecule has 0 N–H and O–H groups in total. The fourth-order valence-corrected chi connectivity index (χ4v) is 2.13. The van der Waals surface area contributed by atoms with Crippen molar-refractivity contribution in [2.45, 2.75) is 34.3 Å². The highest BCUT2D eigenvalue weighted by molar-refractivity contribution is 5.91. The van der Waals surface area contributed by atoms with Crippen molar-refractivity contribution < 1.29 is 9.53 Å². The molecule has 0 aliphatic rings. The zero-order valence-corrected chi connectivity index (χ0v) is 12.5. The monoisotopic (exact) mass is 268 g/mol. The van der Waals surface area contributed by atoms with Crippen LogP contribution in [0.15, 0.2) is 36.4 Å². The van der Waals surface area contributed by atoms with Crippen molar-refractivity contribution >= 4 is 5.97 Å². The van der Waals surface area contributed by atoms with Gasteiger partial charge < -0.3 is 4.74 Å². The van der Waals surface area contributed by atoms with E-state index in [1.54, 1.807) is 0 Å². The Balaban J connectivity index is 2.12. The van der Waals surface area contributed by atoms with E-state index < -0.39 is 0 Å². The van der Waals surface area contributed by atoms with Gasteiger partial charge in [-0.3, -0.25) is 0 Å². The Morgan fingerprint density at radius 1 is 0.900 bits per heavy atom. The van der Waals surface area contributed by atoms with Gasteiger partial charge in [0.15, 0.2) is 0 Å². The van der Waals surface area contributed by atoms with Gasteiger partial charge in [-0.15, -0.1) is 0 Å². The standard InChI is InChI=1S/C18H20O2/c1-12-5-7-14(3)16(9-12)11-20-18(19)17-10-13(2)6-8-15(17)4/h5-10H,11H2,1-4H3. The Labute approximate surface area is 120 Å². The van der Waals surface area contributed by atoms with Crippen molar-refractivity contribution in [2.75, 3.05) is 0 Å². The van der Waals surface area contributed by atoms with Crippen LogP contribution in [0.5, 0.6) is 0 Å². The van der Waals surface area contributed by atoms with E-state index in [1.807, 2.05) is 45.9 Å². The summed E-state index contributed by atoms with van der Waals surface area (Å²) < 4.78 is 5.45. The summed E-state index contributed by atoms with van der Waals surface area (Å²) in [5.41, 5.74) is 6.03. The van der Waals surface area contributed by atoms with Gasteiger partial charge in [-0.05, 0) is 50.5 Å². The first-order chi connectivity index (χ1) is 9.47. The molecule has 2 heteroatoms. The van der Waals surface area contributed by atoms with Gasteiger partial charge in [0.05, 0.1) is 5.56 Å². The zero-order valence-electron chi connectivity index (χ0n) is 12.5. The van der Waals surface area contributed by atoms with Gasteiger partial charge in [-0.1, -0.05) is 41.5 Å². The summed E-state index contributed by atoms with van der Waals surface area (Å²) in [6.07, 6.45) is 0. The number of carbonyl (C=O) groups excluding carboxylic acids is 1. The summed E-state index contributed by atoms with van der Waals surface area (Å²) in [7, 11) is 0. The predicted octanol–water partition coefficient (Wildman–Crippen LogP) is 4.28. The van der Waals surface area contributed by atoms with E-state index in [9.17, 15) is 4.79 Å². The van der Waals surface area contributed by atoms with Gasteiger partial charge >= 0.3 is 5.97 Å². The van der Waals surface area contributed by atoms with Gasteiger partial charge in [-0.25, -0.2) is 4.79 Å². The van der Waals surface area contributed by atoms with E-state index in [-0.39, 0.29) is 5.97 Å². The van der Waals surface area contributed by atoms with Crippen LogP contribution in [-0.4, -0.2) is 5.97 Å². The number of carbonyl (C=O) groups is 1. The van der Waals surface area contributed by atoms with Crippen LogP contribution in [0.3, 0.4) is 0 Å². The molecular formula is C18H20O2. The topological polar surface area (TPSA) is 26.3 Å². The summed E-state index contributed by atoms with van der Waals surface area (Å²) >= 11 is 0. The first kappa shape index (κ1) is 14.3. The third kappa shape index (κ3) is 3.27. The minimum absolute atomic E-state index is 0.257. The van der Waals surface area contributed by atoms with Gasteiger partial charge in [-0.2, -0.15) is 0 Å². The highest BCUT2D eigenvalue weighted by Gasteiger charge is 2.11. The van der Waals surface area contributed by atoms with Crippen molar-refractivity contribution in [3.8, 4) is 0 Å². The number of hydrogen-bond donors (Lipinski definition) is 0.